The van der Waals surface area contributed by atoms with Gasteiger partial charge in [0.25, 0.3) is 0 Å². The maximum Gasteiger partial charge on any atom is 0.115 e. The van der Waals surface area contributed by atoms with E-state index in [9.17, 15) is 5.11 Å². The molecule has 0 aromatic heterocycles. The monoisotopic (exact) mass is 181 g/mol. The van der Waals surface area contributed by atoms with Crippen LogP contribution in [-0.4, -0.2) is 18.8 Å². The van der Waals surface area contributed by atoms with E-state index in [1.165, 1.54) is 0 Å². The Morgan fingerprint density at radius 1 is 1.54 bits per heavy atom. The summed E-state index contributed by atoms with van der Waals surface area (Å²) in [6.45, 7) is 2.43. The number of rotatable bonds is 3. The van der Waals surface area contributed by atoms with Crippen molar-refractivity contribution in [2.75, 3.05) is 13.7 Å². The Kier molecular flexibility index (Phi) is 3.28. The highest BCUT2D eigenvalue weighted by atomic mass is 16.5. The fourth-order valence-corrected chi connectivity index (χ4v) is 1.30. The van der Waals surface area contributed by atoms with Gasteiger partial charge < -0.3 is 15.6 Å². The number of phenolic OH excluding ortho intramolecular Hbond substituents is 1. The number of hydrogen-bond donors (Lipinski definition) is 2. The molecule has 1 atom stereocenters. The van der Waals surface area contributed by atoms with Crippen molar-refractivity contribution in [1.29, 1.82) is 0 Å². The van der Waals surface area contributed by atoms with Crippen LogP contribution in [0.15, 0.2) is 18.2 Å². The predicted octanol–water partition coefficient (Wildman–Crippen LogP) is 1.35. The fraction of sp³-hybridized carbons (Fsp3) is 0.400. The van der Waals surface area contributed by atoms with E-state index in [1.807, 2.05) is 13.0 Å². The number of nitrogens with two attached hydrogens (primary N) is 1. The molecule has 3 nitrogen and oxygen atoms in total. The van der Waals surface area contributed by atoms with E-state index >= 15 is 0 Å². The smallest absolute Gasteiger partial charge is 0.115 e. The second-order valence-electron chi connectivity index (χ2n) is 3.10. The third-order valence-electron chi connectivity index (χ3n) is 2.01. The van der Waals surface area contributed by atoms with Gasteiger partial charge in [-0.3, -0.25) is 0 Å². The largest absolute Gasteiger partial charge is 0.508 e. The molecule has 0 amide bonds. The number of benzene rings is 1. The van der Waals surface area contributed by atoms with Gasteiger partial charge in [-0.15, -0.1) is 0 Å². The molecule has 0 radical (unpaired) electrons. The first-order valence-corrected chi connectivity index (χ1v) is 4.19. The highest BCUT2D eigenvalue weighted by molar-refractivity contribution is 5.35. The Labute approximate surface area is 78.1 Å². The molecule has 72 valence electrons. The van der Waals surface area contributed by atoms with Gasteiger partial charge in [0.15, 0.2) is 0 Å². The van der Waals surface area contributed by atoms with E-state index in [1.54, 1.807) is 19.2 Å². The molecule has 3 heteroatoms. The lowest BCUT2D eigenvalue weighted by Gasteiger charge is -2.13. The summed E-state index contributed by atoms with van der Waals surface area (Å²) in [7, 11) is 1.61. The average Bonchev–Trinajstić information content (AvgIpc) is 2.09. The Balaban J connectivity index is 2.91. The second kappa shape index (κ2) is 4.25. The summed E-state index contributed by atoms with van der Waals surface area (Å²) in [6, 6.07) is 5.01. The molecule has 1 aromatic rings. The molecular weight excluding hydrogens is 166 g/mol. The zero-order valence-electron chi connectivity index (χ0n) is 7.95. The summed E-state index contributed by atoms with van der Waals surface area (Å²) in [4.78, 5) is 0. The van der Waals surface area contributed by atoms with Crippen LogP contribution in [0.1, 0.15) is 17.2 Å². The van der Waals surface area contributed by atoms with E-state index in [0.717, 1.165) is 11.1 Å². The highest BCUT2D eigenvalue weighted by Gasteiger charge is 2.08. The van der Waals surface area contributed by atoms with Gasteiger partial charge in [0.05, 0.1) is 12.6 Å². The maximum atomic E-state index is 9.26. The minimum atomic E-state index is -0.169. The zero-order valence-corrected chi connectivity index (χ0v) is 7.95. The molecule has 0 saturated carbocycles. The molecule has 0 fully saturated rings. The lowest BCUT2D eigenvalue weighted by molar-refractivity contribution is 0.180. The van der Waals surface area contributed by atoms with Crippen molar-refractivity contribution in [3.63, 3.8) is 0 Å². The van der Waals surface area contributed by atoms with Gasteiger partial charge in [-0.05, 0) is 30.2 Å². The van der Waals surface area contributed by atoms with E-state index in [-0.39, 0.29) is 11.8 Å². The first-order chi connectivity index (χ1) is 6.15. The standard InChI is InChI=1S/C10H15NO2/c1-7-3-4-8(12)5-9(7)10(11)6-13-2/h3-5,10,12H,6,11H2,1-2H3. The summed E-state index contributed by atoms with van der Waals surface area (Å²) in [5.74, 6) is 0.243. The minimum absolute atomic E-state index is 0.169. The molecule has 0 spiro atoms. The lowest BCUT2D eigenvalue weighted by atomic mass is 10.0. The number of methoxy groups -OCH3 is 1. The van der Waals surface area contributed by atoms with Crippen LogP contribution in [-0.2, 0) is 4.74 Å². The van der Waals surface area contributed by atoms with Crippen LogP contribution < -0.4 is 5.73 Å². The molecule has 0 bridgehead atoms. The fourth-order valence-electron chi connectivity index (χ4n) is 1.30. The van der Waals surface area contributed by atoms with Crippen LogP contribution in [0.5, 0.6) is 5.75 Å². The summed E-state index contributed by atoms with van der Waals surface area (Å²) >= 11 is 0. The molecule has 1 unspecified atom stereocenters. The number of hydrogen-bond acceptors (Lipinski definition) is 3. The van der Waals surface area contributed by atoms with Gasteiger partial charge in [-0.1, -0.05) is 6.07 Å². The Bertz CT molecular complexity index is 286. The molecule has 0 saturated heterocycles. The summed E-state index contributed by atoms with van der Waals surface area (Å²) in [5, 5.41) is 9.26. The first-order valence-electron chi connectivity index (χ1n) is 4.19. The minimum Gasteiger partial charge on any atom is -0.508 e. The van der Waals surface area contributed by atoms with Gasteiger partial charge in [-0.2, -0.15) is 0 Å². The van der Waals surface area contributed by atoms with Gasteiger partial charge in [0.1, 0.15) is 5.75 Å². The van der Waals surface area contributed by atoms with Gasteiger partial charge in [0.2, 0.25) is 0 Å². The van der Waals surface area contributed by atoms with Crippen molar-refractivity contribution < 1.29 is 9.84 Å². The topological polar surface area (TPSA) is 55.5 Å². The SMILES string of the molecule is COCC(N)c1cc(O)ccc1C. The first kappa shape index (κ1) is 10.0. The maximum absolute atomic E-state index is 9.26. The van der Waals surface area contributed by atoms with Crippen molar-refractivity contribution in [1.82, 2.24) is 0 Å². The number of aryl methyl sites for hydroxylation is 1. The van der Waals surface area contributed by atoms with E-state index < -0.39 is 0 Å². The Hall–Kier alpha value is -1.06. The molecule has 1 aromatic carbocycles. The molecule has 0 aliphatic rings. The molecule has 1 rings (SSSR count). The van der Waals surface area contributed by atoms with Crippen LogP contribution in [0.4, 0.5) is 0 Å². The number of ether oxygens (including phenoxy) is 1. The molecule has 3 N–H and O–H groups in total. The summed E-state index contributed by atoms with van der Waals surface area (Å²) < 4.78 is 4.95. The van der Waals surface area contributed by atoms with Crippen molar-refractivity contribution in [3.8, 4) is 5.75 Å². The Morgan fingerprint density at radius 2 is 2.23 bits per heavy atom. The zero-order chi connectivity index (χ0) is 9.84. The molecule has 13 heavy (non-hydrogen) atoms. The normalized spacial score (nSPS) is 12.8. The van der Waals surface area contributed by atoms with Crippen LogP contribution >= 0.6 is 0 Å². The van der Waals surface area contributed by atoms with E-state index in [2.05, 4.69) is 0 Å². The lowest BCUT2D eigenvalue weighted by Crippen LogP contribution is -2.17. The Morgan fingerprint density at radius 3 is 2.85 bits per heavy atom. The van der Waals surface area contributed by atoms with Crippen LogP contribution in [0.3, 0.4) is 0 Å². The molecule has 0 heterocycles. The van der Waals surface area contributed by atoms with Crippen LogP contribution in [0, 0.1) is 6.92 Å². The summed E-state index contributed by atoms with van der Waals surface area (Å²) in [5.41, 5.74) is 7.84. The molecule has 0 aliphatic heterocycles. The predicted molar refractivity (Wildman–Crippen MR) is 51.6 cm³/mol. The van der Waals surface area contributed by atoms with Crippen molar-refractivity contribution >= 4 is 0 Å². The van der Waals surface area contributed by atoms with Crippen LogP contribution in [0.25, 0.3) is 0 Å². The van der Waals surface area contributed by atoms with Crippen LogP contribution in [0.2, 0.25) is 0 Å². The van der Waals surface area contributed by atoms with Gasteiger partial charge in [0, 0.05) is 7.11 Å². The third-order valence-corrected chi connectivity index (χ3v) is 2.01. The van der Waals surface area contributed by atoms with Crippen molar-refractivity contribution in [2.45, 2.75) is 13.0 Å². The van der Waals surface area contributed by atoms with Gasteiger partial charge in [-0.25, -0.2) is 0 Å². The second-order valence-corrected chi connectivity index (χ2v) is 3.10. The quantitative estimate of drug-likeness (QED) is 0.740. The van der Waals surface area contributed by atoms with E-state index in [4.69, 9.17) is 10.5 Å². The molecular formula is C10H15NO2. The third kappa shape index (κ3) is 2.44. The summed E-state index contributed by atoms with van der Waals surface area (Å²) in [6.07, 6.45) is 0. The van der Waals surface area contributed by atoms with Gasteiger partial charge >= 0.3 is 0 Å². The number of phenols is 1. The van der Waals surface area contributed by atoms with Crippen molar-refractivity contribution in [2.24, 2.45) is 5.73 Å². The number of aromatic hydroxyl groups is 1. The van der Waals surface area contributed by atoms with E-state index in [0.29, 0.717) is 6.61 Å². The van der Waals surface area contributed by atoms with Crippen molar-refractivity contribution in [3.05, 3.63) is 29.3 Å². The molecule has 0 aliphatic carbocycles. The average molecular weight is 181 g/mol. The highest BCUT2D eigenvalue weighted by Crippen LogP contribution is 2.20.